The van der Waals surface area contributed by atoms with Crippen molar-refractivity contribution in [3.05, 3.63) is 75.4 Å². The number of para-hydroxylation sites is 2. The number of nitrogens with zero attached hydrogens (tertiary/aromatic N) is 4. The van der Waals surface area contributed by atoms with E-state index in [1.54, 1.807) is 11.7 Å². The van der Waals surface area contributed by atoms with E-state index in [2.05, 4.69) is 26.1 Å². The number of aromatic nitrogens is 3. The molecule has 1 N–H and O–H groups in total. The van der Waals surface area contributed by atoms with Crippen molar-refractivity contribution in [3.63, 3.8) is 0 Å². The molecule has 0 aliphatic carbocycles. The van der Waals surface area contributed by atoms with Gasteiger partial charge in [0, 0.05) is 44.2 Å². The highest BCUT2D eigenvalue weighted by Crippen LogP contribution is 2.28. The zero-order valence-electron chi connectivity index (χ0n) is 17.1. The minimum Gasteiger partial charge on any atom is -0.495 e. The quantitative estimate of drug-likeness (QED) is 0.628. The third-order valence-electron chi connectivity index (χ3n) is 5.54. The number of nitrogens with one attached hydrogen (secondary N) is 1. The largest absolute Gasteiger partial charge is 0.495 e. The van der Waals surface area contributed by atoms with Crippen molar-refractivity contribution in [2.45, 2.75) is 13.0 Å². The lowest BCUT2D eigenvalue weighted by molar-refractivity contribution is 0.257. The second kappa shape index (κ2) is 9.36. The molecule has 0 saturated carbocycles. The Kier molecular flexibility index (Phi) is 6.40. The highest BCUT2D eigenvalue weighted by Gasteiger charge is 2.20. The van der Waals surface area contributed by atoms with Crippen LogP contribution in [-0.2, 0) is 13.0 Å². The predicted octanol–water partition coefficient (Wildman–Crippen LogP) is 2.65. The smallest absolute Gasteiger partial charge is 0.343 e. The van der Waals surface area contributed by atoms with E-state index in [4.69, 9.17) is 16.3 Å². The maximum atomic E-state index is 12.2. The van der Waals surface area contributed by atoms with Crippen molar-refractivity contribution in [1.82, 2.24) is 19.7 Å². The Morgan fingerprint density at radius 3 is 2.53 bits per heavy atom. The van der Waals surface area contributed by atoms with E-state index in [0.717, 1.165) is 62.0 Å². The Balaban J connectivity index is 1.34. The number of methoxy groups -OCH3 is 1. The zero-order valence-corrected chi connectivity index (χ0v) is 17.8. The number of H-pyrrole nitrogens is 1. The minimum absolute atomic E-state index is 0.180. The molecule has 0 unspecified atom stereocenters. The van der Waals surface area contributed by atoms with Crippen molar-refractivity contribution in [2.75, 3.05) is 44.7 Å². The molecular weight excluding hydrogens is 402 g/mol. The second-order valence-corrected chi connectivity index (χ2v) is 7.84. The fourth-order valence-corrected chi connectivity index (χ4v) is 3.96. The number of halogens is 1. The van der Waals surface area contributed by atoms with Gasteiger partial charge in [0.1, 0.15) is 11.6 Å². The van der Waals surface area contributed by atoms with Crippen LogP contribution in [0.4, 0.5) is 5.69 Å². The van der Waals surface area contributed by atoms with Gasteiger partial charge in [-0.3, -0.25) is 9.47 Å². The molecule has 0 spiro atoms. The molecule has 7 nitrogen and oxygen atoms in total. The summed E-state index contributed by atoms with van der Waals surface area (Å²) < 4.78 is 7.20. The molecule has 0 radical (unpaired) electrons. The third-order valence-corrected chi connectivity index (χ3v) is 5.79. The maximum Gasteiger partial charge on any atom is 0.343 e. The molecule has 1 aliphatic rings. The van der Waals surface area contributed by atoms with Gasteiger partial charge in [-0.05, 0) is 29.8 Å². The summed E-state index contributed by atoms with van der Waals surface area (Å²) in [6, 6.07) is 15.7. The van der Waals surface area contributed by atoms with Crippen LogP contribution in [0, 0.1) is 0 Å². The van der Waals surface area contributed by atoms with Gasteiger partial charge in [-0.1, -0.05) is 35.9 Å². The van der Waals surface area contributed by atoms with E-state index < -0.39 is 0 Å². The summed E-state index contributed by atoms with van der Waals surface area (Å²) in [4.78, 5) is 17.0. The molecule has 0 amide bonds. The number of piperazine rings is 1. The van der Waals surface area contributed by atoms with E-state index in [1.165, 1.54) is 0 Å². The highest BCUT2D eigenvalue weighted by atomic mass is 35.5. The molecule has 2 aromatic carbocycles. The number of benzene rings is 2. The topological polar surface area (TPSA) is 66.4 Å². The Bertz CT molecular complexity index is 1020. The Morgan fingerprint density at radius 2 is 1.80 bits per heavy atom. The molecule has 0 bridgehead atoms. The van der Waals surface area contributed by atoms with Crippen LogP contribution >= 0.6 is 11.6 Å². The van der Waals surface area contributed by atoms with Gasteiger partial charge in [-0.2, -0.15) is 5.10 Å². The summed E-state index contributed by atoms with van der Waals surface area (Å²) in [7, 11) is 1.71. The van der Waals surface area contributed by atoms with Crippen molar-refractivity contribution < 1.29 is 4.74 Å². The molecule has 4 rings (SSSR count). The van der Waals surface area contributed by atoms with Crippen LogP contribution in [0.15, 0.2) is 53.3 Å². The average molecular weight is 428 g/mol. The summed E-state index contributed by atoms with van der Waals surface area (Å²) >= 11 is 5.96. The van der Waals surface area contributed by atoms with Gasteiger partial charge in [0.15, 0.2) is 0 Å². The van der Waals surface area contributed by atoms with Crippen LogP contribution in [-0.4, -0.2) is 59.5 Å². The number of rotatable bonds is 7. The Hall–Kier alpha value is -2.77. The molecule has 3 aromatic rings. The molecule has 1 saturated heterocycles. The van der Waals surface area contributed by atoms with Crippen LogP contribution in [0.3, 0.4) is 0 Å². The van der Waals surface area contributed by atoms with Crippen molar-refractivity contribution in [2.24, 2.45) is 0 Å². The lowest BCUT2D eigenvalue weighted by atomic mass is 10.2. The molecule has 2 heterocycles. The van der Waals surface area contributed by atoms with E-state index in [1.807, 2.05) is 42.5 Å². The van der Waals surface area contributed by atoms with Gasteiger partial charge in [0.05, 0.1) is 19.3 Å². The van der Waals surface area contributed by atoms with Gasteiger partial charge in [-0.15, -0.1) is 0 Å². The van der Waals surface area contributed by atoms with Crippen LogP contribution in [0.1, 0.15) is 11.4 Å². The predicted molar refractivity (Wildman–Crippen MR) is 119 cm³/mol. The first kappa shape index (κ1) is 20.5. The van der Waals surface area contributed by atoms with Crippen LogP contribution in [0.2, 0.25) is 5.02 Å². The summed E-state index contributed by atoms with van der Waals surface area (Å²) in [5.41, 5.74) is 1.99. The monoisotopic (exact) mass is 427 g/mol. The van der Waals surface area contributed by atoms with E-state index in [-0.39, 0.29) is 5.69 Å². The average Bonchev–Trinajstić information content (AvgIpc) is 3.13. The number of aromatic amines is 1. The van der Waals surface area contributed by atoms with Gasteiger partial charge in [-0.25, -0.2) is 9.89 Å². The SMILES string of the molecule is COc1ccccc1N1CCN(CCc2n[nH]c(=O)n2Cc2ccc(Cl)cc2)CC1. The molecule has 1 aliphatic heterocycles. The normalized spacial score (nSPS) is 14.8. The highest BCUT2D eigenvalue weighted by molar-refractivity contribution is 6.30. The number of anilines is 1. The second-order valence-electron chi connectivity index (χ2n) is 7.41. The lowest BCUT2D eigenvalue weighted by Crippen LogP contribution is -2.47. The first-order valence-corrected chi connectivity index (χ1v) is 10.5. The molecular formula is C22H26ClN5O2. The first-order chi connectivity index (χ1) is 14.6. The fourth-order valence-electron chi connectivity index (χ4n) is 3.84. The van der Waals surface area contributed by atoms with Crippen molar-refractivity contribution in [3.8, 4) is 5.75 Å². The molecule has 30 heavy (non-hydrogen) atoms. The Labute approximate surface area is 180 Å². The first-order valence-electron chi connectivity index (χ1n) is 10.1. The molecule has 1 aromatic heterocycles. The minimum atomic E-state index is -0.180. The number of ether oxygens (including phenoxy) is 1. The van der Waals surface area contributed by atoms with Crippen molar-refractivity contribution in [1.29, 1.82) is 0 Å². The lowest BCUT2D eigenvalue weighted by Gasteiger charge is -2.36. The van der Waals surface area contributed by atoms with Crippen LogP contribution in [0.25, 0.3) is 0 Å². The molecule has 8 heteroatoms. The van der Waals surface area contributed by atoms with E-state index in [0.29, 0.717) is 11.6 Å². The van der Waals surface area contributed by atoms with Crippen LogP contribution in [0.5, 0.6) is 5.75 Å². The summed E-state index contributed by atoms with van der Waals surface area (Å²) in [6.45, 7) is 5.17. The molecule has 158 valence electrons. The molecule has 0 atom stereocenters. The van der Waals surface area contributed by atoms with E-state index >= 15 is 0 Å². The number of hydrogen-bond donors (Lipinski definition) is 1. The van der Waals surface area contributed by atoms with E-state index in [9.17, 15) is 4.79 Å². The summed E-state index contributed by atoms with van der Waals surface area (Å²) in [6.07, 6.45) is 0.723. The van der Waals surface area contributed by atoms with Gasteiger partial charge < -0.3 is 9.64 Å². The van der Waals surface area contributed by atoms with Gasteiger partial charge in [0.25, 0.3) is 0 Å². The van der Waals surface area contributed by atoms with Crippen molar-refractivity contribution >= 4 is 17.3 Å². The van der Waals surface area contributed by atoms with Gasteiger partial charge >= 0.3 is 5.69 Å². The standard InChI is InChI=1S/C22H26ClN5O2/c1-30-20-5-3-2-4-19(20)27-14-12-26(13-15-27)11-10-21-24-25-22(29)28(21)16-17-6-8-18(23)9-7-17/h2-9H,10-16H2,1H3,(H,25,29). The van der Waals surface area contributed by atoms with Gasteiger partial charge in [0.2, 0.25) is 0 Å². The maximum absolute atomic E-state index is 12.2. The summed E-state index contributed by atoms with van der Waals surface area (Å²) in [5.74, 6) is 1.69. The van der Waals surface area contributed by atoms with Crippen LogP contribution < -0.4 is 15.3 Å². The third kappa shape index (κ3) is 4.68. The number of hydrogen-bond acceptors (Lipinski definition) is 5. The fraction of sp³-hybridized carbons (Fsp3) is 0.364. The molecule has 1 fully saturated rings. The Morgan fingerprint density at radius 1 is 1.07 bits per heavy atom. The zero-order chi connectivity index (χ0) is 20.9. The summed E-state index contributed by atoms with van der Waals surface area (Å²) in [5, 5.41) is 7.52.